The minimum Gasteiger partial charge on any atom is -0.462 e. The van der Waals surface area contributed by atoms with Crippen molar-refractivity contribution in [1.82, 2.24) is 0 Å². The number of carbonyl (C=O) groups is 3. The van der Waals surface area contributed by atoms with Crippen LogP contribution in [0.1, 0.15) is 374 Å². The fraction of sp³-hybridized carbons (Fsp3) is 0.871. The lowest BCUT2D eigenvalue weighted by atomic mass is 10.0. The van der Waals surface area contributed by atoms with Gasteiger partial charge in [0.2, 0.25) is 0 Å². The third-order valence-corrected chi connectivity index (χ3v) is 15.4. The van der Waals surface area contributed by atoms with E-state index in [-0.39, 0.29) is 31.1 Å². The van der Waals surface area contributed by atoms with E-state index < -0.39 is 6.10 Å². The van der Waals surface area contributed by atoms with Crippen molar-refractivity contribution in [3.8, 4) is 0 Å². The summed E-state index contributed by atoms with van der Waals surface area (Å²) in [4.78, 5) is 38.4. The first-order valence-electron chi connectivity index (χ1n) is 34.0. The van der Waals surface area contributed by atoms with Crippen molar-refractivity contribution in [3.63, 3.8) is 0 Å². The molecule has 0 aromatic carbocycles. The van der Waals surface area contributed by atoms with E-state index in [1.807, 2.05) is 0 Å². The molecule has 1 atom stereocenters. The molecule has 76 heavy (non-hydrogen) atoms. The molecule has 0 N–H and O–H groups in total. The van der Waals surface area contributed by atoms with Crippen LogP contribution in [0.5, 0.6) is 0 Å². The number of ether oxygens (including phenoxy) is 3. The van der Waals surface area contributed by atoms with Crippen LogP contribution in [0, 0.1) is 0 Å². The summed E-state index contributed by atoms with van der Waals surface area (Å²) in [6.07, 6.45) is 80.1. The summed E-state index contributed by atoms with van der Waals surface area (Å²) in [7, 11) is 0. The normalized spacial score (nSPS) is 12.2. The van der Waals surface area contributed by atoms with Crippen LogP contribution in [0.3, 0.4) is 0 Å². The number of carbonyl (C=O) groups excluding carboxylic acids is 3. The Kier molecular flexibility index (Phi) is 63.1. The van der Waals surface area contributed by atoms with Gasteiger partial charge in [0.05, 0.1) is 0 Å². The van der Waals surface area contributed by atoms with Gasteiger partial charge in [0.15, 0.2) is 6.10 Å². The second-order valence-corrected chi connectivity index (χ2v) is 23.1. The third-order valence-electron chi connectivity index (χ3n) is 15.4. The first-order valence-corrected chi connectivity index (χ1v) is 34.0. The molecule has 0 heterocycles. The highest BCUT2D eigenvalue weighted by atomic mass is 16.6. The Bertz CT molecular complexity index is 1270. The minimum atomic E-state index is -0.777. The lowest BCUT2D eigenvalue weighted by molar-refractivity contribution is -0.167. The van der Waals surface area contributed by atoms with E-state index in [4.69, 9.17) is 14.2 Å². The summed E-state index contributed by atoms with van der Waals surface area (Å²) < 4.78 is 17.0. The van der Waals surface area contributed by atoms with Crippen molar-refractivity contribution in [2.75, 3.05) is 13.2 Å². The Balaban J connectivity index is 4.33. The van der Waals surface area contributed by atoms with Crippen molar-refractivity contribution < 1.29 is 28.6 Å². The summed E-state index contributed by atoms with van der Waals surface area (Å²) in [5, 5.41) is 0. The third kappa shape index (κ3) is 62.5. The van der Waals surface area contributed by atoms with Crippen LogP contribution in [-0.4, -0.2) is 37.2 Å². The molecule has 0 aromatic rings. The molecule has 446 valence electrons. The highest BCUT2D eigenvalue weighted by Gasteiger charge is 2.19. The molecule has 0 aliphatic rings. The molecule has 6 nitrogen and oxygen atoms in total. The predicted octanol–water partition coefficient (Wildman–Crippen LogP) is 23.2. The molecule has 0 amide bonds. The van der Waals surface area contributed by atoms with Crippen LogP contribution in [0.2, 0.25) is 0 Å². The maximum absolute atomic E-state index is 12.9. The molecule has 6 heteroatoms. The zero-order valence-electron chi connectivity index (χ0n) is 51.3. The number of hydrogen-bond donors (Lipinski definition) is 0. The van der Waals surface area contributed by atoms with Crippen molar-refractivity contribution in [2.45, 2.75) is 380 Å². The maximum Gasteiger partial charge on any atom is 0.306 e. The molecular weight excluding hydrogens is 937 g/mol. The number of hydrogen-bond acceptors (Lipinski definition) is 6. The van der Waals surface area contributed by atoms with Gasteiger partial charge >= 0.3 is 17.9 Å². The minimum absolute atomic E-state index is 0.0719. The molecule has 0 radical (unpaired) electrons. The summed E-state index contributed by atoms with van der Waals surface area (Å²) in [5.41, 5.74) is 0. The van der Waals surface area contributed by atoms with Gasteiger partial charge in [-0.2, -0.15) is 0 Å². The van der Waals surface area contributed by atoms with Gasteiger partial charge in [0, 0.05) is 19.3 Å². The van der Waals surface area contributed by atoms with Crippen molar-refractivity contribution in [1.29, 1.82) is 0 Å². The van der Waals surface area contributed by atoms with Gasteiger partial charge in [-0.3, -0.25) is 14.4 Å². The second kappa shape index (κ2) is 65.2. The summed E-state index contributed by atoms with van der Waals surface area (Å²) >= 11 is 0. The quantitative estimate of drug-likeness (QED) is 0.0261. The molecular formula is C70H130O6. The van der Waals surface area contributed by atoms with E-state index in [0.717, 1.165) is 77.0 Å². The van der Waals surface area contributed by atoms with Crippen molar-refractivity contribution in [2.24, 2.45) is 0 Å². The van der Waals surface area contributed by atoms with E-state index in [1.54, 1.807) is 0 Å². The van der Waals surface area contributed by atoms with Crippen LogP contribution < -0.4 is 0 Å². The molecule has 0 fully saturated rings. The van der Waals surface area contributed by atoms with Crippen LogP contribution >= 0.6 is 0 Å². The van der Waals surface area contributed by atoms with Gasteiger partial charge in [-0.15, -0.1) is 0 Å². The Hall–Kier alpha value is -2.37. The maximum atomic E-state index is 12.9. The largest absolute Gasteiger partial charge is 0.462 e. The van der Waals surface area contributed by atoms with E-state index in [1.165, 1.54) is 257 Å². The Morgan fingerprint density at radius 3 is 0.763 bits per heavy atom. The standard InChI is InChI=1S/C70H130O6/c1-4-7-10-13-16-19-22-25-28-31-34-35-37-39-42-45-48-51-54-57-60-63-69(72)75-66-67(65-74-68(71)62-59-56-53-50-47-44-41-38-33-30-27-24-21-18-15-12-9-6-3)76-70(73)64-61-58-55-52-49-46-43-40-36-32-29-26-23-20-17-14-11-8-5-2/h17,20,26,29,36,40,67H,4-16,18-19,21-25,27-28,30-35,37-39,41-66H2,1-3H3/b20-17-,29-26-,40-36-. The fourth-order valence-corrected chi connectivity index (χ4v) is 10.3. The molecule has 0 saturated carbocycles. The lowest BCUT2D eigenvalue weighted by Gasteiger charge is -2.18. The van der Waals surface area contributed by atoms with E-state index in [2.05, 4.69) is 57.2 Å². The van der Waals surface area contributed by atoms with Gasteiger partial charge in [-0.25, -0.2) is 0 Å². The lowest BCUT2D eigenvalue weighted by Crippen LogP contribution is -2.30. The van der Waals surface area contributed by atoms with E-state index in [0.29, 0.717) is 19.3 Å². The number of rotatable bonds is 63. The zero-order valence-corrected chi connectivity index (χ0v) is 51.3. The first kappa shape index (κ1) is 73.6. The van der Waals surface area contributed by atoms with Crippen LogP contribution in [-0.2, 0) is 28.6 Å². The molecule has 0 aromatic heterocycles. The summed E-state index contributed by atoms with van der Waals surface area (Å²) in [6.45, 7) is 6.68. The summed E-state index contributed by atoms with van der Waals surface area (Å²) in [5.74, 6) is -0.854. The first-order chi connectivity index (χ1) is 37.5. The van der Waals surface area contributed by atoms with Crippen molar-refractivity contribution in [3.05, 3.63) is 36.5 Å². The zero-order chi connectivity index (χ0) is 55.0. The molecule has 1 unspecified atom stereocenters. The average Bonchev–Trinajstić information content (AvgIpc) is 3.42. The van der Waals surface area contributed by atoms with Crippen LogP contribution in [0.25, 0.3) is 0 Å². The smallest absolute Gasteiger partial charge is 0.306 e. The Morgan fingerprint density at radius 2 is 0.474 bits per heavy atom. The van der Waals surface area contributed by atoms with Gasteiger partial charge < -0.3 is 14.2 Å². The molecule has 0 spiro atoms. The fourth-order valence-electron chi connectivity index (χ4n) is 10.3. The van der Waals surface area contributed by atoms with Crippen molar-refractivity contribution >= 4 is 17.9 Å². The van der Waals surface area contributed by atoms with Crippen LogP contribution in [0.15, 0.2) is 36.5 Å². The Labute approximate surface area is 474 Å². The van der Waals surface area contributed by atoms with E-state index >= 15 is 0 Å². The van der Waals surface area contributed by atoms with E-state index in [9.17, 15) is 14.4 Å². The number of unbranched alkanes of at least 4 members (excludes halogenated alkanes) is 46. The predicted molar refractivity (Wildman–Crippen MR) is 330 cm³/mol. The molecule has 0 aliphatic carbocycles. The van der Waals surface area contributed by atoms with Gasteiger partial charge in [-0.1, -0.05) is 333 Å². The molecule has 0 rings (SSSR count). The molecule has 0 bridgehead atoms. The highest BCUT2D eigenvalue weighted by Crippen LogP contribution is 2.18. The molecule has 0 saturated heterocycles. The monoisotopic (exact) mass is 1070 g/mol. The SMILES string of the molecule is CCCCC/C=C\C/C=C\C/C=C\CCCCCCCCC(=O)OC(COC(=O)CCCCCCCCCCCCCCCCCCCC)COC(=O)CCCCCCCCCCCCCCCCCCCCCCC. The highest BCUT2D eigenvalue weighted by molar-refractivity contribution is 5.71. The van der Waals surface area contributed by atoms with Crippen LogP contribution in [0.4, 0.5) is 0 Å². The van der Waals surface area contributed by atoms with Gasteiger partial charge in [0.1, 0.15) is 13.2 Å². The van der Waals surface area contributed by atoms with Gasteiger partial charge in [0.25, 0.3) is 0 Å². The number of allylic oxidation sites excluding steroid dienone is 6. The topological polar surface area (TPSA) is 78.9 Å². The van der Waals surface area contributed by atoms with Gasteiger partial charge in [-0.05, 0) is 57.8 Å². The average molecular weight is 1070 g/mol. The second-order valence-electron chi connectivity index (χ2n) is 23.1. The Morgan fingerprint density at radius 1 is 0.263 bits per heavy atom. The molecule has 0 aliphatic heterocycles. The number of esters is 3. The summed E-state index contributed by atoms with van der Waals surface area (Å²) in [6, 6.07) is 0.